The van der Waals surface area contributed by atoms with Crippen LogP contribution < -0.4 is 20.5 Å². The molecule has 4 N–H and O–H groups in total. The van der Waals surface area contributed by atoms with Crippen molar-refractivity contribution in [1.29, 1.82) is 0 Å². The summed E-state index contributed by atoms with van der Waals surface area (Å²) in [5, 5.41) is 11.1. The van der Waals surface area contributed by atoms with E-state index in [2.05, 4.69) is 10.6 Å². The third-order valence-corrected chi connectivity index (χ3v) is 4.62. The highest BCUT2D eigenvalue weighted by atomic mass is 32.2. The Bertz CT molecular complexity index is 639. The smallest absolute Gasteiger partial charge is 0.238 e. The number of anilines is 1. The van der Waals surface area contributed by atoms with Crippen molar-refractivity contribution in [2.45, 2.75) is 24.2 Å². The van der Waals surface area contributed by atoms with E-state index in [-0.39, 0.29) is 10.8 Å². The first-order chi connectivity index (χ1) is 10.4. The maximum absolute atomic E-state index is 12.1. The first-order valence-electron chi connectivity index (χ1n) is 7.11. The third-order valence-electron chi connectivity index (χ3n) is 3.71. The van der Waals surface area contributed by atoms with Gasteiger partial charge in [0.2, 0.25) is 15.9 Å². The monoisotopic (exact) mass is 327 g/mol. The van der Waals surface area contributed by atoms with Crippen LogP contribution in [0.5, 0.6) is 5.75 Å². The van der Waals surface area contributed by atoms with E-state index < -0.39 is 10.0 Å². The van der Waals surface area contributed by atoms with E-state index >= 15 is 0 Å². The molecule has 0 bridgehead atoms. The lowest BCUT2D eigenvalue weighted by Gasteiger charge is -2.22. The van der Waals surface area contributed by atoms with Crippen molar-refractivity contribution in [1.82, 2.24) is 5.32 Å². The Kier molecular flexibility index (Phi) is 5.38. The highest BCUT2D eigenvalue weighted by molar-refractivity contribution is 7.89. The lowest BCUT2D eigenvalue weighted by molar-refractivity contribution is -0.117. The molecule has 0 saturated carbocycles. The molecule has 2 rings (SSSR count). The Hall–Kier alpha value is -1.64. The average molecular weight is 327 g/mol. The normalized spacial score (nSPS) is 16.3. The van der Waals surface area contributed by atoms with Gasteiger partial charge < -0.3 is 15.4 Å². The molecule has 1 saturated heterocycles. The van der Waals surface area contributed by atoms with Crippen LogP contribution in [0.15, 0.2) is 23.1 Å². The summed E-state index contributed by atoms with van der Waals surface area (Å²) in [6, 6.07) is 4.13. The zero-order valence-electron chi connectivity index (χ0n) is 12.5. The van der Waals surface area contributed by atoms with E-state index in [4.69, 9.17) is 9.88 Å². The molecule has 1 fully saturated rings. The highest BCUT2D eigenvalue weighted by Gasteiger charge is 2.19. The quantitative estimate of drug-likeness (QED) is 0.736. The fourth-order valence-corrected chi connectivity index (χ4v) is 3.05. The van der Waals surface area contributed by atoms with E-state index in [1.807, 2.05) is 0 Å². The van der Waals surface area contributed by atoms with Gasteiger partial charge in [-0.05, 0) is 50.0 Å². The second-order valence-corrected chi connectivity index (χ2v) is 6.91. The van der Waals surface area contributed by atoms with Crippen LogP contribution in [0.4, 0.5) is 5.69 Å². The molecular formula is C14H21N3O4S. The lowest BCUT2D eigenvalue weighted by atomic mass is 9.94. The molecule has 122 valence electrons. The zero-order chi connectivity index (χ0) is 16.2. The first-order valence-corrected chi connectivity index (χ1v) is 8.66. The molecular weight excluding hydrogens is 306 g/mol. The SMILES string of the molecule is COc1ccc(S(N)(=O)=O)cc1NC(=O)CC1CCNCC1. The summed E-state index contributed by atoms with van der Waals surface area (Å²) < 4.78 is 28.0. The van der Waals surface area contributed by atoms with Crippen LogP contribution in [-0.4, -0.2) is 34.5 Å². The van der Waals surface area contributed by atoms with Crippen molar-refractivity contribution < 1.29 is 17.9 Å². The molecule has 1 aromatic carbocycles. The Morgan fingerprint density at radius 1 is 1.41 bits per heavy atom. The van der Waals surface area contributed by atoms with E-state index in [1.54, 1.807) is 0 Å². The standard InChI is InChI=1S/C14H21N3O4S/c1-21-13-3-2-11(22(15,19)20)9-12(13)17-14(18)8-10-4-6-16-7-5-10/h2-3,9-10,16H,4-8H2,1H3,(H,17,18)(H2,15,19,20). The predicted octanol–water partition coefficient (Wildman–Crippen LogP) is 0.671. The molecule has 0 spiro atoms. The number of carbonyl (C=O) groups excluding carboxylic acids is 1. The van der Waals surface area contributed by atoms with Crippen molar-refractivity contribution in [2.75, 3.05) is 25.5 Å². The number of hydrogen-bond acceptors (Lipinski definition) is 5. The van der Waals surface area contributed by atoms with Gasteiger partial charge in [-0.1, -0.05) is 0 Å². The number of nitrogens with one attached hydrogen (secondary N) is 2. The number of sulfonamides is 1. The van der Waals surface area contributed by atoms with Gasteiger partial charge in [-0.2, -0.15) is 0 Å². The molecule has 8 heteroatoms. The van der Waals surface area contributed by atoms with Crippen molar-refractivity contribution >= 4 is 21.6 Å². The van der Waals surface area contributed by atoms with Gasteiger partial charge in [0.25, 0.3) is 0 Å². The van der Waals surface area contributed by atoms with Crippen LogP contribution in [0.25, 0.3) is 0 Å². The number of rotatable bonds is 5. The fraction of sp³-hybridized carbons (Fsp3) is 0.500. The van der Waals surface area contributed by atoms with Gasteiger partial charge >= 0.3 is 0 Å². The van der Waals surface area contributed by atoms with Crippen molar-refractivity contribution in [3.8, 4) is 5.75 Å². The molecule has 0 radical (unpaired) electrons. The minimum Gasteiger partial charge on any atom is -0.495 e. The second kappa shape index (κ2) is 7.08. The molecule has 22 heavy (non-hydrogen) atoms. The lowest BCUT2D eigenvalue weighted by Crippen LogP contribution is -2.30. The molecule has 1 aromatic rings. The summed E-state index contributed by atoms with van der Waals surface area (Å²) in [5.74, 6) is 0.580. The zero-order valence-corrected chi connectivity index (χ0v) is 13.3. The number of primary sulfonamides is 1. The van der Waals surface area contributed by atoms with Gasteiger partial charge in [0.05, 0.1) is 17.7 Å². The fourth-order valence-electron chi connectivity index (χ4n) is 2.51. The van der Waals surface area contributed by atoms with Gasteiger partial charge in [0.15, 0.2) is 0 Å². The van der Waals surface area contributed by atoms with E-state index in [1.165, 1.54) is 25.3 Å². The Labute approximate surface area is 130 Å². The maximum Gasteiger partial charge on any atom is 0.238 e. The molecule has 1 heterocycles. The third kappa shape index (κ3) is 4.43. The maximum atomic E-state index is 12.1. The topological polar surface area (TPSA) is 111 Å². The van der Waals surface area contributed by atoms with Gasteiger partial charge in [-0.3, -0.25) is 4.79 Å². The molecule has 0 aromatic heterocycles. The van der Waals surface area contributed by atoms with Crippen molar-refractivity contribution in [3.05, 3.63) is 18.2 Å². The Morgan fingerprint density at radius 3 is 2.68 bits per heavy atom. The van der Waals surface area contributed by atoms with Crippen molar-refractivity contribution in [3.63, 3.8) is 0 Å². The van der Waals surface area contributed by atoms with Crippen LogP contribution >= 0.6 is 0 Å². The molecule has 0 unspecified atom stereocenters. The predicted molar refractivity (Wildman–Crippen MR) is 83.2 cm³/mol. The van der Waals surface area contributed by atoms with Gasteiger partial charge in [0, 0.05) is 6.42 Å². The number of amides is 1. The minimum absolute atomic E-state index is 0.0644. The summed E-state index contributed by atoms with van der Waals surface area (Å²) in [6.07, 6.45) is 2.33. The van der Waals surface area contributed by atoms with E-state index in [0.717, 1.165) is 25.9 Å². The number of ether oxygens (including phenoxy) is 1. The number of carbonyl (C=O) groups is 1. The summed E-state index contributed by atoms with van der Waals surface area (Å²) in [6.45, 7) is 1.84. The molecule has 0 atom stereocenters. The number of nitrogens with two attached hydrogens (primary N) is 1. The number of methoxy groups -OCH3 is 1. The second-order valence-electron chi connectivity index (χ2n) is 5.35. The number of benzene rings is 1. The molecule has 7 nitrogen and oxygen atoms in total. The molecule has 1 amide bonds. The highest BCUT2D eigenvalue weighted by Crippen LogP contribution is 2.28. The van der Waals surface area contributed by atoms with Crippen LogP contribution in [0.1, 0.15) is 19.3 Å². The average Bonchev–Trinajstić information content (AvgIpc) is 2.47. The number of hydrogen-bond donors (Lipinski definition) is 3. The first kappa shape index (κ1) is 16.7. The van der Waals surface area contributed by atoms with Gasteiger partial charge in [-0.15, -0.1) is 0 Å². The Morgan fingerprint density at radius 2 is 2.09 bits per heavy atom. The van der Waals surface area contributed by atoms with Crippen LogP contribution in [-0.2, 0) is 14.8 Å². The minimum atomic E-state index is -3.83. The summed E-state index contributed by atoms with van der Waals surface area (Å²) in [4.78, 5) is 12.1. The largest absolute Gasteiger partial charge is 0.495 e. The van der Waals surface area contributed by atoms with Crippen LogP contribution in [0, 0.1) is 5.92 Å². The van der Waals surface area contributed by atoms with Crippen LogP contribution in [0.2, 0.25) is 0 Å². The van der Waals surface area contributed by atoms with E-state index in [0.29, 0.717) is 23.8 Å². The van der Waals surface area contributed by atoms with E-state index in [9.17, 15) is 13.2 Å². The van der Waals surface area contributed by atoms with Gasteiger partial charge in [-0.25, -0.2) is 13.6 Å². The summed E-state index contributed by atoms with van der Waals surface area (Å²) >= 11 is 0. The molecule has 1 aliphatic rings. The Balaban J connectivity index is 2.11. The van der Waals surface area contributed by atoms with Crippen LogP contribution in [0.3, 0.4) is 0 Å². The molecule has 0 aliphatic carbocycles. The summed E-state index contributed by atoms with van der Waals surface area (Å²) in [7, 11) is -2.38. The van der Waals surface area contributed by atoms with Gasteiger partial charge in [0.1, 0.15) is 5.75 Å². The van der Waals surface area contributed by atoms with Crippen molar-refractivity contribution in [2.24, 2.45) is 11.1 Å². The number of piperidine rings is 1. The summed E-state index contributed by atoms with van der Waals surface area (Å²) in [5.41, 5.74) is 0.313. The molecule has 1 aliphatic heterocycles.